The molecule has 0 aliphatic carbocycles. The molecule has 140 valence electrons. The number of hydrogen-bond donors (Lipinski definition) is 1. The maximum absolute atomic E-state index is 12.5. The Hall–Kier alpha value is -2.60. The quantitative estimate of drug-likeness (QED) is 0.791. The summed E-state index contributed by atoms with van der Waals surface area (Å²) in [6.07, 6.45) is 0.127. The lowest BCUT2D eigenvalue weighted by atomic mass is 10.1. The molecule has 0 aromatic heterocycles. The number of nitrogens with one attached hydrogen (secondary N) is 1. The van der Waals surface area contributed by atoms with Crippen molar-refractivity contribution < 1.29 is 23.7 Å². The minimum Gasteiger partial charge on any atom is -0.495 e. The number of carbonyl (C=O) groups excluding carboxylic acids is 1. The van der Waals surface area contributed by atoms with E-state index in [2.05, 4.69) is 5.32 Å². The van der Waals surface area contributed by atoms with Crippen LogP contribution in [0.4, 0.5) is 5.69 Å². The summed E-state index contributed by atoms with van der Waals surface area (Å²) in [6.45, 7) is 1.86. The lowest BCUT2D eigenvalue weighted by Gasteiger charge is -2.15. The first-order chi connectivity index (χ1) is 12.4. The summed E-state index contributed by atoms with van der Waals surface area (Å²) >= 11 is 6.09. The van der Waals surface area contributed by atoms with Gasteiger partial charge in [0, 0.05) is 11.1 Å². The average molecular weight is 380 g/mol. The van der Waals surface area contributed by atoms with Gasteiger partial charge < -0.3 is 24.3 Å². The monoisotopic (exact) mass is 379 g/mol. The van der Waals surface area contributed by atoms with Gasteiger partial charge in [0.25, 0.3) is 0 Å². The molecule has 2 aromatic rings. The van der Waals surface area contributed by atoms with E-state index in [1.807, 2.05) is 6.92 Å². The number of aryl methyl sites for hydroxylation is 1. The molecule has 7 heteroatoms. The standard InChI is InChI=1S/C19H22ClNO5/c1-11-6-14(15(23-2)10-13(11)20)21-18(22)9-12-7-16(24-3)19(26-5)17(8-12)25-4/h6-8,10H,9H2,1-5H3,(H,21,22). The van der Waals surface area contributed by atoms with Gasteiger partial charge in [0.1, 0.15) is 5.75 Å². The predicted octanol–water partition coefficient (Wildman–Crippen LogP) is 3.86. The van der Waals surface area contributed by atoms with Crippen molar-refractivity contribution >= 4 is 23.2 Å². The van der Waals surface area contributed by atoms with Gasteiger partial charge in [0.05, 0.1) is 40.5 Å². The van der Waals surface area contributed by atoms with E-state index in [0.717, 1.165) is 11.1 Å². The molecule has 0 spiro atoms. The molecular formula is C19H22ClNO5. The molecular weight excluding hydrogens is 358 g/mol. The molecule has 6 nitrogen and oxygen atoms in total. The van der Waals surface area contributed by atoms with Crippen LogP contribution in [0.5, 0.6) is 23.0 Å². The lowest BCUT2D eigenvalue weighted by molar-refractivity contribution is -0.115. The van der Waals surface area contributed by atoms with Crippen molar-refractivity contribution in [2.24, 2.45) is 0 Å². The van der Waals surface area contributed by atoms with Gasteiger partial charge >= 0.3 is 0 Å². The summed E-state index contributed by atoms with van der Waals surface area (Å²) in [5.41, 5.74) is 2.13. The fraction of sp³-hybridized carbons (Fsp3) is 0.316. The Bertz CT molecular complexity index is 782. The van der Waals surface area contributed by atoms with Crippen LogP contribution in [0.1, 0.15) is 11.1 Å². The van der Waals surface area contributed by atoms with Crippen molar-refractivity contribution in [1.29, 1.82) is 0 Å². The van der Waals surface area contributed by atoms with Gasteiger partial charge in [-0.25, -0.2) is 0 Å². The number of carbonyl (C=O) groups is 1. The molecule has 0 aliphatic rings. The van der Waals surface area contributed by atoms with E-state index < -0.39 is 0 Å². The summed E-state index contributed by atoms with van der Waals surface area (Å²) < 4.78 is 21.2. The largest absolute Gasteiger partial charge is 0.495 e. The highest BCUT2D eigenvalue weighted by Gasteiger charge is 2.16. The molecule has 26 heavy (non-hydrogen) atoms. The van der Waals surface area contributed by atoms with Crippen LogP contribution in [-0.4, -0.2) is 34.3 Å². The van der Waals surface area contributed by atoms with Crippen molar-refractivity contribution in [3.05, 3.63) is 40.4 Å². The molecule has 1 N–H and O–H groups in total. The first-order valence-corrected chi connectivity index (χ1v) is 8.24. The molecule has 0 saturated heterocycles. The normalized spacial score (nSPS) is 10.2. The van der Waals surface area contributed by atoms with E-state index in [1.165, 1.54) is 28.4 Å². The second-order valence-electron chi connectivity index (χ2n) is 5.56. The van der Waals surface area contributed by atoms with Crippen molar-refractivity contribution in [3.8, 4) is 23.0 Å². The molecule has 0 atom stereocenters. The van der Waals surface area contributed by atoms with Crippen LogP contribution in [-0.2, 0) is 11.2 Å². The molecule has 0 saturated carbocycles. The molecule has 2 rings (SSSR count). The van der Waals surface area contributed by atoms with Gasteiger partial charge in [-0.2, -0.15) is 0 Å². The molecule has 1 amide bonds. The number of methoxy groups -OCH3 is 4. The highest BCUT2D eigenvalue weighted by Crippen LogP contribution is 2.38. The van der Waals surface area contributed by atoms with E-state index in [0.29, 0.717) is 33.7 Å². The van der Waals surface area contributed by atoms with E-state index in [-0.39, 0.29) is 12.3 Å². The summed E-state index contributed by atoms with van der Waals surface area (Å²) in [5, 5.41) is 3.42. The summed E-state index contributed by atoms with van der Waals surface area (Å²) in [4.78, 5) is 12.5. The third kappa shape index (κ3) is 4.32. The minimum absolute atomic E-state index is 0.127. The Morgan fingerprint density at radius 3 is 2.00 bits per heavy atom. The van der Waals surface area contributed by atoms with Gasteiger partial charge in [-0.3, -0.25) is 4.79 Å². The lowest BCUT2D eigenvalue weighted by Crippen LogP contribution is -2.15. The zero-order chi connectivity index (χ0) is 19.3. The Labute approximate surface area is 158 Å². The highest BCUT2D eigenvalue weighted by molar-refractivity contribution is 6.31. The fourth-order valence-corrected chi connectivity index (χ4v) is 2.70. The van der Waals surface area contributed by atoms with Crippen molar-refractivity contribution in [2.45, 2.75) is 13.3 Å². The average Bonchev–Trinajstić information content (AvgIpc) is 2.63. The number of ether oxygens (including phenoxy) is 4. The SMILES string of the molecule is COc1cc(Cl)c(C)cc1NC(=O)Cc1cc(OC)c(OC)c(OC)c1. The Balaban J connectivity index is 2.24. The summed E-state index contributed by atoms with van der Waals surface area (Å²) in [6, 6.07) is 6.93. The number of halogens is 1. The topological polar surface area (TPSA) is 66.0 Å². The first kappa shape index (κ1) is 19.7. The first-order valence-electron chi connectivity index (χ1n) is 7.86. The molecule has 0 bridgehead atoms. The van der Waals surface area contributed by atoms with E-state index in [1.54, 1.807) is 24.3 Å². The number of hydrogen-bond acceptors (Lipinski definition) is 5. The Kier molecular flexibility index (Phi) is 6.58. The second kappa shape index (κ2) is 8.67. The van der Waals surface area contributed by atoms with E-state index in [9.17, 15) is 4.79 Å². The number of amides is 1. The van der Waals surface area contributed by atoms with Gasteiger partial charge in [-0.05, 0) is 36.2 Å². The van der Waals surface area contributed by atoms with Crippen LogP contribution in [0.2, 0.25) is 5.02 Å². The molecule has 2 aromatic carbocycles. The van der Waals surface area contributed by atoms with Crippen LogP contribution < -0.4 is 24.3 Å². The smallest absolute Gasteiger partial charge is 0.228 e. The third-order valence-electron chi connectivity index (χ3n) is 3.84. The van der Waals surface area contributed by atoms with Crippen LogP contribution >= 0.6 is 11.6 Å². The van der Waals surface area contributed by atoms with Crippen molar-refractivity contribution in [2.75, 3.05) is 33.8 Å². The van der Waals surface area contributed by atoms with E-state index >= 15 is 0 Å². The maximum atomic E-state index is 12.5. The number of anilines is 1. The van der Waals surface area contributed by atoms with Gasteiger partial charge in [0.15, 0.2) is 11.5 Å². The van der Waals surface area contributed by atoms with Gasteiger partial charge in [0.2, 0.25) is 11.7 Å². The molecule has 0 aliphatic heterocycles. The molecule has 0 fully saturated rings. The predicted molar refractivity (Wildman–Crippen MR) is 101 cm³/mol. The molecule has 0 unspecified atom stereocenters. The summed E-state index contributed by atoms with van der Waals surface area (Å²) in [5.74, 6) is 1.76. The maximum Gasteiger partial charge on any atom is 0.228 e. The van der Waals surface area contributed by atoms with Gasteiger partial charge in [-0.1, -0.05) is 11.6 Å². The highest BCUT2D eigenvalue weighted by atomic mass is 35.5. The third-order valence-corrected chi connectivity index (χ3v) is 4.25. The molecule has 0 radical (unpaired) electrons. The minimum atomic E-state index is -0.209. The fourth-order valence-electron chi connectivity index (χ4n) is 2.55. The zero-order valence-corrected chi connectivity index (χ0v) is 16.2. The summed E-state index contributed by atoms with van der Waals surface area (Å²) in [7, 11) is 6.11. The van der Waals surface area contributed by atoms with Crippen molar-refractivity contribution in [3.63, 3.8) is 0 Å². The number of rotatable bonds is 7. The van der Waals surface area contributed by atoms with Crippen LogP contribution in [0.25, 0.3) is 0 Å². The van der Waals surface area contributed by atoms with Crippen molar-refractivity contribution in [1.82, 2.24) is 0 Å². The Morgan fingerprint density at radius 2 is 1.50 bits per heavy atom. The number of benzene rings is 2. The van der Waals surface area contributed by atoms with Crippen LogP contribution in [0, 0.1) is 6.92 Å². The van der Waals surface area contributed by atoms with E-state index in [4.69, 9.17) is 30.5 Å². The van der Waals surface area contributed by atoms with Crippen LogP contribution in [0.3, 0.4) is 0 Å². The molecule has 0 heterocycles. The zero-order valence-electron chi connectivity index (χ0n) is 15.4. The second-order valence-corrected chi connectivity index (χ2v) is 5.97. The van der Waals surface area contributed by atoms with Gasteiger partial charge in [-0.15, -0.1) is 0 Å². The Morgan fingerprint density at radius 1 is 0.923 bits per heavy atom. The van der Waals surface area contributed by atoms with Crippen LogP contribution in [0.15, 0.2) is 24.3 Å².